The maximum Gasteiger partial charge on any atom is 0.416 e. The van der Waals surface area contributed by atoms with E-state index in [9.17, 15) is 18.0 Å². The largest absolute Gasteiger partial charge is 0.416 e. The van der Waals surface area contributed by atoms with Crippen LogP contribution >= 0.6 is 0 Å². The van der Waals surface area contributed by atoms with E-state index in [1.807, 2.05) is 0 Å². The van der Waals surface area contributed by atoms with Crippen molar-refractivity contribution in [2.45, 2.75) is 109 Å². The summed E-state index contributed by atoms with van der Waals surface area (Å²) in [4.78, 5) is 18.4. The first-order valence-electron chi connectivity index (χ1n) is 15.9. The second-order valence-corrected chi connectivity index (χ2v) is 14.0. The molecule has 2 N–H and O–H groups in total. The highest BCUT2D eigenvalue weighted by Gasteiger charge is 2.43. The molecule has 4 aliphatic rings. The third kappa shape index (κ3) is 7.48. The van der Waals surface area contributed by atoms with E-state index in [4.69, 9.17) is 10.5 Å². The number of carbonyl (C=O) groups excluding carboxylic acids is 1. The van der Waals surface area contributed by atoms with E-state index in [2.05, 4.69) is 48.8 Å². The van der Waals surface area contributed by atoms with Crippen LogP contribution in [0.2, 0.25) is 0 Å². The van der Waals surface area contributed by atoms with E-state index >= 15 is 0 Å². The van der Waals surface area contributed by atoms with Crippen LogP contribution in [0.5, 0.6) is 0 Å². The Morgan fingerprint density at radius 1 is 1.05 bits per heavy atom. The zero-order valence-corrected chi connectivity index (χ0v) is 25.4. The molecule has 0 spiro atoms. The third-order valence-corrected chi connectivity index (χ3v) is 9.92. The lowest BCUT2D eigenvalue weighted by atomic mass is 9.80. The number of carbonyl (C=O) groups is 1. The number of piperazine rings is 1. The standard InChI is InChI=1S/C34H48F3N3O2/c1-33(2,3)28-22-39(30(24-10-5-4-6-11-24)25-15-17-27(18-16-25)34(35,36)37)19-20-40(28)29(41)21-23-9-7-8-12-26(14-13-23)31-32(38)42-31/h4-5,10,15-18,23,26,28,30-32H,6-9,11-14,19-22,38H2,1-3H3. The van der Waals surface area contributed by atoms with Crippen molar-refractivity contribution in [1.29, 1.82) is 0 Å². The fourth-order valence-corrected chi connectivity index (χ4v) is 7.43. The van der Waals surface area contributed by atoms with Crippen molar-refractivity contribution in [3.05, 3.63) is 59.2 Å². The molecular weight excluding hydrogens is 539 g/mol. The first-order chi connectivity index (χ1) is 19.9. The summed E-state index contributed by atoms with van der Waals surface area (Å²) in [6.07, 6.45) is 11.1. The Hall–Kier alpha value is -2.16. The van der Waals surface area contributed by atoms with Crippen molar-refractivity contribution in [2.75, 3.05) is 19.6 Å². The molecule has 2 saturated heterocycles. The number of ether oxygens (including phenoxy) is 1. The Morgan fingerprint density at radius 2 is 1.76 bits per heavy atom. The zero-order chi connectivity index (χ0) is 30.1. The number of hydrogen-bond donors (Lipinski definition) is 1. The van der Waals surface area contributed by atoms with E-state index in [0.717, 1.165) is 44.1 Å². The smallest absolute Gasteiger partial charge is 0.353 e. The topological polar surface area (TPSA) is 62.1 Å². The number of amides is 1. The molecule has 1 aromatic carbocycles. The molecule has 1 aromatic rings. The van der Waals surface area contributed by atoms with Gasteiger partial charge in [0.25, 0.3) is 0 Å². The maximum absolute atomic E-state index is 13.9. The molecule has 8 heteroatoms. The van der Waals surface area contributed by atoms with Crippen molar-refractivity contribution in [3.63, 3.8) is 0 Å². The van der Waals surface area contributed by atoms with Gasteiger partial charge in [-0.25, -0.2) is 0 Å². The van der Waals surface area contributed by atoms with Crippen molar-refractivity contribution in [3.8, 4) is 0 Å². The van der Waals surface area contributed by atoms with Gasteiger partial charge in [-0.1, -0.05) is 64.0 Å². The SMILES string of the molecule is CC(C)(C)C1CN(C(C2=CC=CCC2)c2ccc(C(F)(F)F)cc2)CCN1C(=O)CC1CCCCC(C2OC2N)CC1. The molecule has 6 atom stereocenters. The maximum atomic E-state index is 13.9. The quantitative estimate of drug-likeness (QED) is 0.357. The number of benzene rings is 1. The summed E-state index contributed by atoms with van der Waals surface area (Å²) in [5.41, 5.74) is 7.28. The Morgan fingerprint density at radius 3 is 2.38 bits per heavy atom. The summed E-state index contributed by atoms with van der Waals surface area (Å²) in [5.74, 6) is 1.13. The summed E-state index contributed by atoms with van der Waals surface area (Å²) in [5, 5.41) is 0. The van der Waals surface area contributed by atoms with Gasteiger partial charge in [0, 0.05) is 32.1 Å². The van der Waals surface area contributed by atoms with E-state index in [1.165, 1.54) is 30.5 Å². The average molecular weight is 588 g/mol. The molecule has 2 aliphatic heterocycles. The number of epoxide rings is 1. The van der Waals surface area contributed by atoms with Gasteiger partial charge in [0.05, 0.1) is 11.6 Å². The number of rotatable bonds is 6. The minimum absolute atomic E-state index is 0.00889. The Labute approximate surface area is 249 Å². The molecule has 2 heterocycles. The van der Waals surface area contributed by atoms with Gasteiger partial charge in [0.15, 0.2) is 0 Å². The molecule has 0 radical (unpaired) electrons. The summed E-state index contributed by atoms with van der Waals surface area (Å²) in [7, 11) is 0. The lowest BCUT2D eigenvalue weighted by Gasteiger charge is -2.50. The highest BCUT2D eigenvalue weighted by Crippen LogP contribution is 2.40. The molecule has 5 rings (SSSR count). The van der Waals surface area contributed by atoms with Gasteiger partial charge in [0.1, 0.15) is 12.3 Å². The molecule has 1 saturated carbocycles. The van der Waals surface area contributed by atoms with E-state index in [-0.39, 0.29) is 35.7 Å². The number of allylic oxidation sites excluding steroid dienone is 3. The van der Waals surface area contributed by atoms with Crippen LogP contribution in [0.3, 0.4) is 0 Å². The molecule has 0 aromatic heterocycles. The van der Waals surface area contributed by atoms with Gasteiger partial charge < -0.3 is 15.4 Å². The average Bonchev–Trinajstić information content (AvgIpc) is 3.66. The molecule has 42 heavy (non-hydrogen) atoms. The van der Waals surface area contributed by atoms with Gasteiger partial charge in [-0.15, -0.1) is 0 Å². The number of alkyl halides is 3. The number of nitrogens with two attached hydrogens (primary N) is 1. The predicted molar refractivity (Wildman–Crippen MR) is 159 cm³/mol. The monoisotopic (exact) mass is 587 g/mol. The fraction of sp³-hybridized carbons (Fsp3) is 0.676. The summed E-state index contributed by atoms with van der Waals surface area (Å²) >= 11 is 0. The third-order valence-electron chi connectivity index (χ3n) is 9.92. The lowest BCUT2D eigenvalue weighted by molar-refractivity contribution is -0.141. The van der Waals surface area contributed by atoms with E-state index < -0.39 is 11.7 Å². The van der Waals surface area contributed by atoms with Gasteiger partial charge in [-0.3, -0.25) is 9.69 Å². The van der Waals surface area contributed by atoms with Crippen LogP contribution < -0.4 is 5.73 Å². The number of hydrogen-bond acceptors (Lipinski definition) is 4. The van der Waals surface area contributed by atoms with E-state index in [1.54, 1.807) is 12.1 Å². The zero-order valence-electron chi connectivity index (χ0n) is 25.4. The van der Waals surface area contributed by atoms with Crippen LogP contribution in [-0.2, 0) is 15.7 Å². The van der Waals surface area contributed by atoms with Crippen LogP contribution in [0, 0.1) is 17.3 Å². The van der Waals surface area contributed by atoms with Crippen LogP contribution in [0.25, 0.3) is 0 Å². The summed E-state index contributed by atoms with van der Waals surface area (Å²) in [6.45, 7) is 8.57. The summed E-state index contributed by atoms with van der Waals surface area (Å²) < 4.78 is 45.6. The molecule has 232 valence electrons. The second-order valence-electron chi connectivity index (χ2n) is 14.0. The normalized spacial score (nSPS) is 30.3. The lowest BCUT2D eigenvalue weighted by Crippen LogP contribution is -2.60. The molecule has 3 fully saturated rings. The highest BCUT2D eigenvalue weighted by atomic mass is 19.4. The Kier molecular flexibility index (Phi) is 9.55. The Balaban J connectivity index is 1.31. The molecule has 0 bridgehead atoms. The van der Waals surface area contributed by atoms with Crippen LogP contribution in [-0.4, -0.2) is 53.7 Å². The predicted octanol–water partition coefficient (Wildman–Crippen LogP) is 7.24. The van der Waals surface area contributed by atoms with Gasteiger partial charge in [-0.05, 0) is 79.0 Å². The van der Waals surface area contributed by atoms with Crippen molar-refractivity contribution in [1.82, 2.24) is 9.80 Å². The minimum Gasteiger partial charge on any atom is -0.353 e. The van der Waals surface area contributed by atoms with Crippen molar-refractivity contribution >= 4 is 5.91 Å². The number of nitrogens with zero attached hydrogens (tertiary/aromatic N) is 2. The van der Waals surface area contributed by atoms with Gasteiger partial charge in [-0.2, -0.15) is 13.2 Å². The highest BCUT2D eigenvalue weighted by molar-refractivity contribution is 5.77. The van der Waals surface area contributed by atoms with Crippen molar-refractivity contribution in [2.24, 2.45) is 23.0 Å². The molecule has 1 amide bonds. The molecule has 5 nitrogen and oxygen atoms in total. The molecule has 2 aliphatic carbocycles. The van der Waals surface area contributed by atoms with Gasteiger partial charge >= 0.3 is 6.18 Å². The first kappa shape index (κ1) is 31.3. The van der Waals surface area contributed by atoms with Crippen molar-refractivity contribution < 1.29 is 22.7 Å². The van der Waals surface area contributed by atoms with Crippen LogP contribution in [0.4, 0.5) is 13.2 Å². The van der Waals surface area contributed by atoms with Crippen LogP contribution in [0.15, 0.2) is 48.1 Å². The minimum atomic E-state index is -4.36. The number of halogens is 3. The molecule has 6 unspecified atom stereocenters. The Bertz CT molecular complexity index is 1140. The second kappa shape index (κ2) is 12.8. The molecular formula is C34H48F3N3O2. The fourth-order valence-electron chi connectivity index (χ4n) is 7.43. The van der Waals surface area contributed by atoms with Gasteiger partial charge in [0.2, 0.25) is 5.91 Å². The first-order valence-corrected chi connectivity index (χ1v) is 15.9. The summed E-state index contributed by atoms with van der Waals surface area (Å²) in [6, 6.07) is 5.57. The van der Waals surface area contributed by atoms with Crippen LogP contribution in [0.1, 0.15) is 95.7 Å². The van der Waals surface area contributed by atoms with E-state index in [0.29, 0.717) is 37.9 Å².